The monoisotopic (exact) mass is 532 g/mol. The van der Waals surface area contributed by atoms with Gasteiger partial charge in [0.15, 0.2) is 6.39 Å². The number of benzene rings is 2. The van der Waals surface area contributed by atoms with Gasteiger partial charge in [-0.25, -0.2) is 9.78 Å². The Morgan fingerprint density at radius 1 is 1.26 bits per heavy atom. The summed E-state index contributed by atoms with van der Waals surface area (Å²) in [6.07, 6.45) is 2.59. The molecular weight excluding hydrogens is 508 g/mol. The normalized spacial score (nSPS) is 19.2. The lowest BCUT2D eigenvalue weighted by Gasteiger charge is -2.35. The minimum Gasteiger partial charge on any atom is -0.490 e. The third-order valence-electron chi connectivity index (χ3n) is 6.26. The van der Waals surface area contributed by atoms with E-state index in [1.54, 1.807) is 35.2 Å². The number of rotatable bonds is 5. The molecule has 2 atom stereocenters. The predicted molar refractivity (Wildman–Crippen MR) is 139 cm³/mol. The Bertz CT molecular complexity index is 1410. The van der Waals surface area contributed by atoms with Gasteiger partial charge in [-0.05, 0) is 49.7 Å². The molecule has 3 heterocycles. The second kappa shape index (κ2) is 10.6. The maximum Gasteiger partial charge on any atom is 0.326 e. The van der Waals surface area contributed by atoms with Gasteiger partial charge in [-0.1, -0.05) is 23.7 Å². The molecule has 0 bridgehead atoms. The van der Waals surface area contributed by atoms with Gasteiger partial charge in [0.05, 0.1) is 23.3 Å². The quantitative estimate of drug-likeness (QED) is 0.528. The lowest BCUT2D eigenvalue weighted by molar-refractivity contribution is -0.123. The van der Waals surface area contributed by atoms with Gasteiger partial charge in [-0.2, -0.15) is 5.26 Å². The second-order valence-corrected chi connectivity index (χ2v) is 9.66. The van der Waals surface area contributed by atoms with E-state index >= 15 is 0 Å². The molecule has 1 fully saturated rings. The fourth-order valence-corrected chi connectivity index (χ4v) is 4.73. The number of carbonyl (C=O) groups is 2. The van der Waals surface area contributed by atoms with Crippen molar-refractivity contribution in [2.45, 2.75) is 32.0 Å². The Balaban J connectivity index is 1.69. The molecule has 194 valence electrons. The molecule has 2 aliphatic heterocycles. The van der Waals surface area contributed by atoms with Crippen LogP contribution in [0, 0.1) is 11.3 Å². The number of nitrogens with one attached hydrogen (secondary N) is 1. The first-order chi connectivity index (χ1) is 18.4. The fraction of sp³-hybridized carbons (Fsp3) is 0.296. The summed E-state index contributed by atoms with van der Waals surface area (Å²) in [5, 5.41) is 12.8. The van der Waals surface area contributed by atoms with Crippen molar-refractivity contribution in [3.8, 4) is 11.8 Å². The minimum atomic E-state index is -0.676. The molecule has 1 N–H and O–H groups in total. The summed E-state index contributed by atoms with van der Waals surface area (Å²) in [7, 11) is 0. The zero-order valence-electron chi connectivity index (χ0n) is 20.8. The number of oxazole rings is 1. The molecule has 11 heteroatoms. The Morgan fingerprint density at radius 2 is 2.05 bits per heavy atom. The number of urea groups is 1. The molecule has 5 rings (SSSR count). The molecule has 0 aliphatic carbocycles. The number of amides is 3. The summed E-state index contributed by atoms with van der Waals surface area (Å²) in [6, 6.07) is 12.8. The van der Waals surface area contributed by atoms with Crippen molar-refractivity contribution in [1.29, 1.82) is 5.26 Å². The van der Waals surface area contributed by atoms with Crippen molar-refractivity contribution in [1.82, 2.24) is 20.1 Å². The van der Waals surface area contributed by atoms with E-state index in [0.29, 0.717) is 46.5 Å². The summed E-state index contributed by atoms with van der Waals surface area (Å²) in [5.74, 6) is 0.522. The summed E-state index contributed by atoms with van der Waals surface area (Å²) >= 11 is 6.16. The molecule has 0 radical (unpaired) electrons. The summed E-state index contributed by atoms with van der Waals surface area (Å²) in [4.78, 5) is 38.8. The first-order valence-electron chi connectivity index (χ1n) is 12.1. The second-order valence-electron chi connectivity index (χ2n) is 9.22. The van der Waals surface area contributed by atoms with E-state index in [1.807, 2.05) is 26.0 Å². The van der Waals surface area contributed by atoms with Gasteiger partial charge in [0.1, 0.15) is 42.2 Å². The van der Waals surface area contributed by atoms with Crippen molar-refractivity contribution >= 4 is 29.4 Å². The lowest BCUT2D eigenvalue weighted by Crippen LogP contribution is -2.55. The molecular formula is C27H25ClN6O4. The van der Waals surface area contributed by atoms with Crippen LogP contribution in [0.5, 0.6) is 5.75 Å². The van der Waals surface area contributed by atoms with Gasteiger partial charge < -0.3 is 19.4 Å². The van der Waals surface area contributed by atoms with Crippen molar-refractivity contribution < 1.29 is 18.7 Å². The first kappa shape index (κ1) is 25.3. The smallest absolute Gasteiger partial charge is 0.326 e. The van der Waals surface area contributed by atoms with Crippen LogP contribution in [0.2, 0.25) is 5.02 Å². The van der Waals surface area contributed by atoms with Crippen LogP contribution in [-0.2, 0) is 4.79 Å². The molecule has 3 aromatic rings. The van der Waals surface area contributed by atoms with Crippen LogP contribution >= 0.6 is 11.6 Å². The van der Waals surface area contributed by atoms with Crippen LogP contribution in [0.1, 0.15) is 48.3 Å². The van der Waals surface area contributed by atoms with Crippen molar-refractivity contribution in [2.24, 2.45) is 4.99 Å². The summed E-state index contributed by atoms with van der Waals surface area (Å²) < 4.78 is 11.4. The lowest BCUT2D eigenvalue weighted by atomic mass is 9.98. The van der Waals surface area contributed by atoms with Crippen LogP contribution in [0.25, 0.3) is 0 Å². The van der Waals surface area contributed by atoms with E-state index in [0.717, 1.165) is 5.56 Å². The maximum absolute atomic E-state index is 14.1. The van der Waals surface area contributed by atoms with Crippen molar-refractivity contribution in [2.75, 3.05) is 19.6 Å². The van der Waals surface area contributed by atoms with E-state index in [1.165, 1.54) is 17.6 Å². The van der Waals surface area contributed by atoms with Crippen molar-refractivity contribution in [3.63, 3.8) is 0 Å². The Hall–Kier alpha value is -4.36. The van der Waals surface area contributed by atoms with Crippen molar-refractivity contribution in [3.05, 3.63) is 82.5 Å². The summed E-state index contributed by atoms with van der Waals surface area (Å²) in [5.41, 5.74) is 2.26. The van der Waals surface area contributed by atoms with Gasteiger partial charge in [0.2, 0.25) is 5.91 Å². The fourth-order valence-electron chi connectivity index (χ4n) is 4.61. The Kier molecular flexibility index (Phi) is 7.03. The average Bonchev–Trinajstić information content (AvgIpc) is 3.56. The zero-order valence-corrected chi connectivity index (χ0v) is 21.6. The van der Waals surface area contributed by atoms with Crippen LogP contribution in [0.15, 0.2) is 64.5 Å². The Morgan fingerprint density at radius 3 is 2.71 bits per heavy atom. The van der Waals surface area contributed by atoms with E-state index in [-0.39, 0.29) is 18.6 Å². The van der Waals surface area contributed by atoms with E-state index < -0.39 is 18.1 Å². The van der Waals surface area contributed by atoms with E-state index in [2.05, 4.69) is 16.4 Å². The number of aromatic nitrogens is 1. The zero-order chi connectivity index (χ0) is 26.8. The molecule has 10 nitrogen and oxygen atoms in total. The van der Waals surface area contributed by atoms with E-state index in [9.17, 15) is 14.9 Å². The highest BCUT2D eigenvalue weighted by atomic mass is 35.5. The number of hydrogen-bond acceptors (Lipinski definition) is 7. The van der Waals surface area contributed by atoms with Crippen LogP contribution in [-0.4, -0.2) is 58.3 Å². The van der Waals surface area contributed by atoms with Gasteiger partial charge >= 0.3 is 6.03 Å². The third-order valence-corrected chi connectivity index (χ3v) is 6.51. The first-order valence-corrected chi connectivity index (χ1v) is 12.5. The molecule has 0 unspecified atom stereocenters. The number of nitriles is 1. The van der Waals surface area contributed by atoms with Gasteiger partial charge in [0, 0.05) is 18.1 Å². The molecule has 2 aliphatic rings. The largest absolute Gasteiger partial charge is 0.490 e. The molecule has 1 saturated heterocycles. The molecule has 0 saturated carbocycles. The maximum atomic E-state index is 14.1. The molecule has 0 spiro atoms. The third kappa shape index (κ3) is 4.93. The predicted octanol–water partition coefficient (Wildman–Crippen LogP) is 4.08. The highest BCUT2D eigenvalue weighted by molar-refractivity contribution is 6.30. The number of piperazine rings is 1. The molecule has 3 amide bonds. The number of aliphatic imine (C=N–C) groups is 1. The topological polar surface area (TPSA) is 124 Å². The Labute approximate surface area is 224 Å². The van der Waals surface area contributed by atoms with Gasteiger partial charge in [0.25, 0.3) is 0 Å². The van der Waals surface area contributed by atoms with Crippen LogP contribution < -0.4 is 10.1 Å². The van der Waals surface area contributed by atoms with Crippen LogP contribution in [0.3, 0.4) is 0 Å². The number of amidine groups is 1. The van der Waals surface area contributed by atoms with Crippen LogP contribution in [0.4, 0.5) is 4.79 Å². The number of halogens is 1. The summed E-state index contributed by atoms with van der Waals surface area (Å²) in [6.45, 7) is 4.36. The van der Waals surface area contributed by atoms with Gasteiger partial charge in [-0.15, -0.1) is 0 Å². The highest BCUT2D eigenvalue weighted by Crippen LogP contribution is 2.45. The van der Waals surface area contributed by atoms with E-state index in [4.69, 9.17) is 25.7 Å². The highest BCUT2D eigenvalue weighted by Gasteiger charge is 2.46. The standard InChI is InChI=1S/C27H25ClN6O4/c1-16(2)38-22-11-17(12-29)3-8-20(22)26-32-24(18-4-6-19(28)7-5-18)25(21-14-37-15-31-21)34(26)27(36)33-10-9-30-23(35)13-33/h3-8,11,14-16,24-25H,9-10,13H2,1-2H3,(H,30,35)/t24-,25+/m0/s1. The number of hydrogen-bond donors (Lipinski definition) is 1. The number of carbonyl (C=O) groups excluding carboxylic acids is 2. The molecule has 38 heavy (non-hydrogen) atoms. The SMILES string of the molecule is CC(C)Oc1cc(C#N)ccc1C1=N[C@@H](c2ccc(Cl)cc2)[C@@H](c2cocn2)N1C(=O)N1CCNC(=O)C1. The average molecular weight is 533 g/mol. The number of ether oxygens (including phenoxy) is 1. The molecule has 1 aromatic heterocycles. The van der Waals surface area contributed by atoms with Gasteiger partial charge in [-0.3, -0.25) is 14.7 Å². The minimum absolute atomic E-state index is 0.0809. The molecule has 2 aromatic carbocycles. The number of nitrogens with zero attached hydrogens (tertiary/aromatic N) is 5.